The number of rotatable bonds is 5. The molecule has 0 N–H and O–H groups in total. The molecule has 0 aliphatic carbocycles. The molecule has 1 heteroatoms. The fourth-order valence-corrected chi connectivity index (χ4v) is 1.25. The van der Waals surface area contributed by atoms with E-state index in [2.05, 4.69) is 36.7 Å². The Morgan fingerprint density at radius 1 is 1.10 bits per heavy atom. The highest BCUT2D eigenvalue weighted by atomic mass is 79.9. The first kappa shape index (κ1) is 10.5. The van der Waals surface area contributed by atoms with E-state index in [1.54, 1.807) is 0 Å². The fourth-order valence-electron chi connectivity index (χ4n) is 0.972. The minimum Gasteiger partial charge on any atom is -0.0859 e. The smallest absolute Gasteiger partial charge is 0.0201 e. The van der Waals surface area contributed by atoms with Crippen molar-refractivity contribution in [3.63, 3.8) is 0 Å². The predicted molar refractivity (Wildman–Crippen MR) is 51.8 cm³/mol. The van der Waals surface area contributed by atoms with E-state index in [0.717, 1.165) is 0 Å². The van der Waals surface area contributed by atoms with Gasteiger partial charge in [0, 0.05) is 4.32 Å². The maximum atomic E-state index is 3.63. The van der Waals surface area contributed by atoms with E-state index < -0.39 is 0 Å². The molecule has 0 bridgehead atoms. The van der Waals surface area contributed by atoms with Gasteiger partial charge in [-0.2, -0.15) is 0 Å². The number of unbranched alkanes of at least 4 members (excludes halogenated alkanes) is 3. The van der Waals surface area contributed by atoms with Crippen LogP contribution in [-0.4, -0.2) is 4.32 Å². The Labute approximate surface area is 73.5 Å². The van der Waals surface area contributed by atoms with Crippen LogP contribution in [-0.2, 0) is 0 Å². The number of halogens is 1. The minimum absolute atomic E-state index is 0.362. The molecule has 62 valence electrons. The third-order valence-corrected chi connectivity index (χ3v) is 2.02. The Kier molecular flexibility index (Phi) is 5.42. The van der Waals surface area contributed by atoms with Crippen LogP contribution >= 0.6 is 15.9 Å². The van der Waals surface area contributed by atoms with Crippen LogP contribution in [0.4, 0.5) is 0 Å². The van der Waals surface area contributed by atoms with E-state index in [-0.39, 0.29) is 0 Å². The van der Waals surface area contributed by atoms with Gasteiger partial charge in [0.25, 0.3) is 0 Å². The van der Waals surface area contributed by atoms with Gasteiger partial charge in [0.2, 0.25) is 0 Å². The molecule has 0 atom stereocenters. The third kappa shape index (κ3) is 8.48. The van der Waals surface area contributed by atoms with Crippen LogP contribution in [0.1, 0.15) is 52.9 Å². The summed E-state index contributed by atoms with van der Waals surface area (Å²) in [5, 5.41) is 0. The van der Waals surface area contributed by atoms with Crippen LogP contribution in [0.15, 0.2) is 0 Å². The fraction of sp³-hybridized carbons (Fsp3) is 1.00. The Morgan fingerprint density at radius 2 is 1.70 bits per heavy atom. The summed E-state index contributed by atoms with van der Waals surface area (Å²) in [4.78, 5) is 0. The van der Waals surface area contributed by atoms with Crippen molar-refractivity contribution < 1.29 is 0 Å². The summed E-state index contributed by atoms with van der Waals surface area (Å²) in [6.45, 7) is 6.72. The minimum atomic E-state index is 0.362. The molecule has 0 nitrogen and oxygen atoms in total. The van der Waals surface area contributed by atoms with Gasteiger partial charge in [-0.25, -0.2) is 0 Å². The number of hydrogen-bond acceptors (Lipinski definition) is 0. The summed E-state index contributed by atoms with van der Waals surface area (Å²) in [6.07, 6.45) is 6.79. The molecule has 0 spiro atoms. The molecule has 0 fully saturated rings. The monoisotopic (exact) mass is 206 g/mol. The normalized spacial score (nSPS) is 12.0. The van der Waals surface area contributed by atoms with Crippen molar-refractivity contribution in [1.82, 2.24) is 0 Å². The van der Waals surface area contributed by atoms with Gasteiger partial charge in [0.15, 0.2) is 0 Å². The average Bonchev–Trinajstić information content (AvgIpc) is 1.78. The van der Waals surface area contributed by atoms with E-state index in [4.69, 9.17) is 0 Å². The van der Waals surface area contributed by atoms with E-state index in [0.29, 0.717) is 4.32 Å². The first-order valence-electron chi connectivity index (χ1n) is 4.25. The van der Waals surface area contributed by atoms with Gasteiger partial charge in [0.05, 0.1) is 0 Å². The summed E-state index contributed by atoms with van der Waals surface area (Å²) in [6, 6.07) is 0. The van der Waals surface area contributed by atoms with Crippen LogP contribution in [0.2, 0.25) is 0 Å². The van der Waals surface area contributed by atoms with Crippen molar-refractivity contribution in [2.75, 3.05) is 0 Å². The molecule has 0 aromatic carbocycles. The van der Waals surface area contributed by atoms with Gasteiger partial charge in [-0.05, 0) is 6.42 Å². The molecular formula is C9H19Br. The molecule has 10 heavy (non-hydrogen) atoms. The molecule has 0 unspecified atom stereocenters. The Morgan fingerprint density at radius 3 is 2.10 bits per heavy atom. The van der Waals surface area contributed by atoms with Crippen molar-refractivity contribution in [2.24, 2.45) is 0 Å². The molecule has 0 saturated heterocycles. The summed E-state index contributed by atoms with van der Waals surface area (Å²) in [5.74, 6) is 0. The Bertz CT molecular complexity index is 71.3. The van der Waals surface area contributed by atoms with Crippen molar-refractivity contribution >= 4 is 15.9 Å². The van der Waals surface area contributed by atoms with Crippen LogP contribution in [0.5, 0.6) is 0 Å². The van der Waals surface area contributed by atoms with Gasteiger partial charge < -0.3 is 0 Å². The lowest BCUT2D eigenvalue weighted by Crippen LogP contribution is -2.07. The van der Waals surface area contributed by atoms with E-state index in [9.17, 15) is 0 Å². The lowest BCUT2D eigenvalue weighted by molar-refractivity contribution is 0.566. The molecule has 0 aromatic heterocycles. The van der Waals surface area contributed by atoms with Crippen LogP contribution in [0, 0.1) is 0 Å². The van der Waals surface area contributed by atoms with E-state index in [1.165, 1.54) is 32.1 Å². The lowest BCUT2D eigenvalue weighted by Gasteiger charge is -2.14. The van der Waals surface area contributed by atoms with E-state index >= 15 is 0 Å². The van der Waals surface area contributed by atoms with Crippen molar-refractivity contribution in [3.05, 3.63) is 0 Å². The van der Waals surface area contributed by atoms with Crippen LogP contribution in [0.3, 0.4) is 0 Å². The second kappa shape index (κ2) is 5.17. The van der Waals surface area contributed by atoms with Crippen molar-refractivity contribution in [3.8, 4) is 0 Å². The first-order valence-corrected chi connectivity index (χ1v) is 5.04. The van der Waals surface area contributed by atoms with Crippen LogP contribution < -0.4 is 0 Å². The zero-order valence-electron chi connectivity index (χ0n) is 7.41. The van der Waals surface area contributed by atoms with Gasteiger partial charge in [-0.3, -0.25) is 0 Å². The highest BCUT2D eigenvalue weighted by Gasteiger charge is 2.10. The second-order valence-electron chi connectivity index (χ2n) is 3.53. The topological polar surface area (TPSA) is 0 Å². The molecule has 0 heterocycles. The molecule has 0 aliphatic rings. The maximum absolute atomic E-state index is 3.63. The summed E-state index contributed by atoms with van der Waals surface area (Å²) >= 11 is 3.63. The largest absolute Gasteiger partial charge is 0.0859 e. The molecule has 0 saturated carbocycles. The Balaban J connectivity index is 3.04. The third-order valence-electron chi connectivity index (χ3n) is 1.62. The lowest BCUT2D eigenvalue weighted by atomic mass is 10.0. The molecular weight excluding hydrogens is 188 g/mol. The van der Waals surface area contributed by atoms with Gasteiger partial charge >= 0.3 is 0 Å². The standard InChI is InChI=1S/C9H19Br/c1-4-5-6-7-8-9(2,3)10/h4-8H2,1-3H3. The maximum Gasteiger partial charge on any atom is 0.0201 e. The SMILES string of the molecule is CCCCCCC(C)(C)Br. The molecule has 0 amide bonds. The highest BCUT2D eigenvalue weighted by Crippen LogP contribution is 2.23. The highest BCUT2D eigenvalue weighted by molar-refractivity contribution is 9.10. The summed E-state index contributed by atoms with van der Waals surface area (Å²) in [7, 11) is 0. The zero-order valence-corrected chi connectivity index (χ0v) is 9.00. The van der Waals surface area contributed by atoms with Crippen molar-refractivity contribution in [2.45, 2.75) is 57.2 Å². The molecule has 0 aliphatic heterocycles. The Hall–Kier alpha value is 0.480. The molecule has 0 radical (unpaired) electrons. The van der Waals surface area contributed by atoms with E-state index in [1.807, 2.05) is 0 Å². The van der Waals surface area contributed by atoms with Gasteiger partial charge in [-0.15, -0.1) is 0 Å². The van der Waals surface area contributed by atoms with Gasteiger partial charge in [-0.1, -0.05) is 62.4 Å². The van der Waals surface area contributed by atoms with Crippen LogP contribution in [0.25, 0.3) is 0 Å². The molecule has 0 aromatic rings. The predicted octanol–water partition coefficient (Wildman–Crippen LogP) is 4.13. The number of hydrogen-bond donors (Lipinski definition) is 0. The number of alkyl halides is 1. The second-order valence-corrected chi connectivity index (χ2v) is 5.68. The first-order chi connectivity index (χ1) is 4.56. The molecule has 0 rings (SSSR count). The quantitative estimate of drug-likeness (QED) is 0.469. The van der Waals surface area contributed by atoms with Gasteiger partial charge in [0.1, 0.15) is 0 Å². The summed E-state index contributed by atoms with van der Waals surface area (Å²) < 4.78 is 0.362. The summed E-state index contributed by atoms with van der Waals surface area (Å²) in [5.41, 5.74) is 0. The average molecular weight is 207 g/mol. The zero-order chi connectivity index (χ0) is 8.04. The van der Waals surface area contributed by atoms with Crippen molar-refractivity contribution in [1.29, 1.82) is 0 Å².